The van der Waals surface area contributed by atoms with E-state index in [9.17, 15) is 0 Å². The quantitative estimate of drug-likeness (QED) is 0.717. The standard InChI is InChI=1S/C11H11ClN2/c1-3-8-4-9(12)11-10(5-8)13-6-7(2)14-11/h4-6H,3H2,1-2H3. The highest BCUT2D eigenvalue weighted by Crippen LogP contribution is 2.22. The molecule has 0 fully saturated rings. The summed E-state index contributed by atoms with van der Waals surface area (Å²) in [5, 5.41) is 0.690. The maximum Gasteiger partial charge on any atom is 0.108 e. The number of aromatic nitrogens is 2. The number of benzene rings is 1. The predicted molar refractivity (Wildman–Crippen MR) is 58.7 cm³/mol. The second-order valence-corrected chi connectivity index (χ2v) is 3.72. The monoisotopic (exact) mass is 206 g/mol. The molecule has 2 nitrogen and oxygen atoms in total. The van der Waals surface area contributed by atoms with E-state index in [1.54, 1.807) is 6.20 Å². The summed E-state index contributed by atoms with van der Waals surface area (Å²) in [4.78, 5) is 8.66. The molecule has 72 valence electrons. The van der Waals surface area contributed by atoms with Gasteiger partial charge in [-0.05, 0) is 31.0 Å². The minimum atomic E-state index is 0.690. The van der Waals surface area contributed by atoms with Gasteiger partial charge in [0.1, 0.15) is 5.52 Å². The van der Waals surface area contributed by atoms with Crippen LogP contribution in [0.1, 0.15) is 18.2 Å². The first-order valence-electron chi connectivity index (χ1n) is 4.62. The second kappa shape index (κ2) is 3.54. The van der Waals surface area contributed by atoms with Crippen molar-refractivity contribution in [1.82, 2.24) is 9.97 Å². The van der Waals surface area contributed by atoms with Gasteiger partial charge in [0.05, 0.1) is 16.2 Å². The number of hydrogen-bond donors (Lipinski definition) is 0. The first-order chi connectivity index (χ1) is 6.70. The van der Waals surface area contributed by atoms with Gasteiger partial charge < -0.3 is 0 Å². The Bertz CT molecular complexity index is 480. The SMILES string of the molecule is CCc1cc(Cl)c2nc(C)cnc2c1. The number of aryl methyl sites for hydroxylation is 2. The van der Waals surface area contributed by atoms with E-state index in [0.717, 1.165) is 23.1 Å². The molecule has 14 heavy (non-hydrogen) atoms. The van der Waals surface area contributed by atoms with E-state index < -0.39 is 0 Å². The largest absolute Gasteiger partial charge is 0.253 e. The summed E-state index contributed by atoms with van der Waals surface area (Å²) in [7, 11) is 0. The first-order valence-corrected chi connectivity index (χ1v) is 5.00. The average Bonchev–Trinajstić information content (AvgIpc) is 2.19. The Hall–Kier alpha value is -1.15. The minimum Gasteiger partial charge on any atom is -0.253 e. The van der Waals surface area contributed by atoms with E-state index >= 15 is 0 Å². The second-order valence-electron chi connectivity index (χ2n) is 3.31. The normalized spacial score (nSPS) is 10.8. The lowest BCUT2D eigenvalue weighted by molar-refractivity contribution is 1.13. The third-order valence-electron chi connectivity index (χ3n) is 2.19. The Labute approximate surface area is 88.0 Å². The van der Waals surface area contributed by atoms with Gasteiger partial charge in [-0.1, -0.05) is 18.5 Å². The van der Waals surface area contributed by atoms with Crippen LogP contribution >= 0.6 is 11.6 Å². The predicted octanol–water partition coefficient (Wildman–Crippen LogP) is 3.15. The van der Waals surface area contributed by atoms with Crippen molar-refractivity contribution in [1.29, 1.82) is 0 Å². The van der Waals surface area contributed by atoms with Crippen LogP contribution in [0.2, 0.25) is 5.02 Å². The summed E-state index contributed by atoms with van der Waals surface area (Å²) in [6.45, 7) is 4.01. The van der Waals surface area contributed by atoms with Gasteiger partial charge in [-0.15, -0.1) is 0 Å². The highest BCUT2D eigenvalue weighted by atomic mass is 35.5. The molecule has 1 aromatic carbocycles. The molecular weight excluding hydrogens is 196 g/mol. The molecular formula is C11H11ClN2. The zero-order valence-corrected chi connectivity index (χ0v) is 8.97. The molecule has 0 N–H and O–H groups in total. The van der Waals surface area contributed by atoms with Gasteiger partial charge in [-0.25, -0.2) is 4.98 Å². The summed E-state index contributed by atoms with van der Waals surface area (Å²) >= 11 is 6.11. The molecule has 0 spiro atoms. The molecule has 0 radical (unpaired) electrons. The van der Waals surface area contributed by atoms with E-state index in [0.29, 0.717) is 5.02 Å². The molecule has 1 heterocycles. The van der Waals surface area contributed by atoms with Crippen molar-refractivity contribution >= 4 is 22.6 Å². The number of fused-ring (bicyclic) bond motifs is 1. The summed E-state index contributed by atoms with van der Waals surface area (Å²) < 4.78 is 0. The number of rotatable bonds is 1. The Morgan fingerprint density at radius 1 is 1.36 bits per heavy atom. The zero-order valence-electron chi connectivity index (χ0n) is 8.21. The van der Waals surface area contributed by atoms with Crippen molar-refractivity contribution in [2.45, 2.75) is 20.3 Å². The lowest BCUT2D eigenvalue weighted by Crippen LogP contribution is -1.90. The number of halogens is 1. The molecule has 0 saturated heterocycles. The van der Waals surface area contributed by atoms with Gasteiger partial charge in [0.15, 0.2) is 0 Å². The van der Waals surface area contributed by atoms with Crippen molar-refractivity contribution in [2.24, 2.45) is 0 Å². The van der Waals surface area contributed by atoms with Crippen molar-refractivity contribution in [2.75, 3.05) is 0 Å². The maximum absolute atomic E-state index is 6.11. The molecule has 0 saturated carbocycles. The molecule has 0 bridgehead atoms. The molecule has 0 unspecified atom stereocenters. The molecule has 2 aromatic rings. The Morgan fingerprint density at radius 3 is 2.86 bits per heavy atom. The Balaban J connectivity index is 2.76. The molecule has 0 atom stereocenters. The van der Waals surface area contributed by atoms with Crippen LogP contribution in [0.15, 0.2) is 18.3 Å². The van der Waals surface area contributed by atoms with Crippen molar-refractivity contribution < 1.29 is 0 Å². The van der Waals surface area contributed by atoms with Gasteiger partial charge in [0.25, 0.3) is 0 Å². The smallest absolute Gasteiger partial charge is 0.108 e. The number of nitrogens with zero attached hydrogens (tertiary/aromatic N) is 2. The molecule has 0 aliphatic rings. The zero-order chi connectivity index (χ0) is 10.1. The lowest BCUT2D eigenvalue weighted by atomic mass is 10.1. The Morgan fingerprint density at radius 2 is 2.14 bits per heavy atom. The third-order valence-corrected chi connectivity index (χ3v) is 2.48. The van der Waals surface area contributed by atoms with Crippen LogP contribution in [0, 0.1) is 6.92 Å². The van der Waals surface area contributed by atoms with Crippen LogP contribution in [0.25, 0.3) is 11.0 Å². The fraction of sp³-hybridized carbons (Fsp3) is 0.273. The summed E-state index contributed by atoms with van der Waals surface area (Å²) in [5.74, 6) is 0. The van der Waals surface area contributed by atoms with Crippen LogP contribution in [0.3, 0.4) is 0 Å². The van der Waals surface area contributed by atoms with E-state index in [1.807, 2.05) is 19.1 Å². The molecule has 0 amide bonds. The Kier molecular flexibility index (Phi) is 2.38. The number of hydrogen-bond acceptors (Lipinski definition) is 2. The maximum atomic E-state index is 6.11. The molecule has 0 aliphatic heterocycles. The van der Waals surface area contributed by atoms with Gasteiger partial charge in [0.2, 0.25) is 0 Å². The third kappa shape index (κ3) is 1.58. The van der Waals surface area contributed by atoms with E-state index in [4.69, 9.17) is 11.6 Å². The average molecular weight is 207 g/mol. The van der Waals surface area contributed by atoms with Gasteiger partial charge in [-0.3, -0.25) is 4.98 Å². The molecule has 3 heteroatoms. The van der Waals surface area contributed by atoms with Crippen LogP contribution in [0.4, 0.5) is 0 Å². The van der Waals surface area contributed by atoms with E-state index in [-0.39, 0.29) is 0 Å². The molecule has 1 aromatic heterocycles. The van der Waals surface area contributed by atoms with Crippen molar-refractivity contribution in [3.8, 4) is 0 Å². The van der Waals surface area contributed by atoms with Crippen LogP contribution in [0.5, 0.6) is 0 Å². The highest BCUT2D eigenvalue weighted by molar-refractivity contribution is 6.34. The van der Waals surface area contributed by atoms with Crippen molar-refractivity contribution in [3.05, 3.63) is 34.6 Å². The summed E-state index contributed by atoms with van der Waals surface area (Å²) in [5.41, 5.74) is 3.76. The van der Waals surface area contributed by atoms with E-state index in [2.05, 4.69) is 16.9 Å². The topological polar surface area (TPSA) is 25.8 Å². The fourth-order valence-corrected chi connectivity index (χ4v) is 1.70. The van der Waals surface area contributed by atoms with Crippen LogP contribution < -0.4 is 0 Å². The first kappa shape index (κ1) is 9.41. The van der Waals surface area contributed by atoms with Gasteiger partial charge >= 0.3 is 0 Å². The summed E-state index contributed by atoms with van der Waals surface area (Å²) in [6, 6.07) is 3.99. The molecule has 2 rings (SSSR count). The van der Waals surface area contributed by atoms with Crippen LogP contribution in [-0.2, 0) is 6.42 Å². The minimum absolute atomic E-state index is 0.690. The van der Waals surface area contributed by atoms with E-state index in [1.165, 1.54) is 5.56 Å². The van der Waals surface area contributed by atoms with Crippen molar-refractivity contribution in [3.63, 3.8) is 0 Å². The summed E-state index contributed by atoms with van der Waals surface area (Å²) in [6.07, 6.45) is 2.73. The molecule has 0 aliphatic carbocycles. The van der Waals surface area contributed by atoms with Gasteiger partial charge in [0, 0.05) is 6.20 Å². The lowest BCUT2D eigenvalue weighted by Gasteiger charge is -2.03. The van der Waals surface area contributed by atoms with Crippen LogP contribution in [-0.4, -0.2) is 9.97 Å². The fourth-order valence-electron chi connectivity index (χ4n) is 1.42. The van der Waals surface area contributed by atoms with Gasteiger partial charge in [-0.2, -0.15) is 0 Å². The highest BCUT2D eigenvalue weighted by Gasteiger charge is 2.03.